The first-order valence-electron chi connectivity index (χ1n) is 9.02. The maximum Gasteiger partial charge on any atom is 0.416 e. The molecule has 4 aromatic rings. The van der Waals surface area contributed by atoms with Crippen LogP contribution >= 0.6 is 22.9 Å². The van der Waals surface area contributed by atoms with Gasteiger partial charge in [-0.05, 0) is 35.9 Å². The van der Waals surface area contributed by atoms with Crippen LogP contribution in [-0.4, -0.2) is 15.5 Å². The van der Waals surface area contributed by atoms with Crippen molar-refractivity contribution >= 4 is 44.7 Å². The average molecular weight is 482 g/mol. The Kier molecular flexibility index (Phi) is 5.74. The van der Waals surface area contributed by atoms with Crippen LogP contribution in [0.5, 0.6) is 0 Å². The summed E-state index contributed by atoms with van der Waals surface area (Å²) in [5.74, 6) is -1.18. The maximum absolute atomic E-state index is 13.2. The van der Waals surface area contributed by atoms with Crippen molar-refractivity contribution in [2.45, 2.75) is 12.7 Å². The van der Waals surface area contributed by atoms with Crippen molar-refractivity contribution in [1.29, 1.82) is 0 Å². The standard InChI is InChI=1S/C21H12ClF4N3O2S/c22-15-6-3-12(21(24,25)26)7-16(15)28-17(30)8-29-10-27-19-18(20(29)31)14(9-32-19)11-1-4-13(23)5-2-11/h1-7,9-10H,8H2,(H,28,30). The molecule has 0 aliphatic rings. The van der Waals surface area contributed by atoms with Crippen molar-refractivity contribution in [3.63, 3.8) is 0 Å². The number of benzene rings is 2. The van der Waals surface area contributed by atoms with E-state index >= 15 is 0 Å². The van der Waals surface area contributed by atoms with E-state index in [0.717, 1.165) is 22.8 Å². The van der Waals surface area contributed by atoms with Gasteiger partial charge in [0.15, 0.2) is 0 Å². The van der Waals surface area contributed by atoms with Crippen molar-refractivity contribution in [3.8, 4) is 11.1 Å². The molecule has 0 aliphatic heterocycles. The molecule has 0 radical (unpaired) electrons. The predicted molar refractivity (Wildman–Crippen MR) is 114 cm³/mol. The molecule has 0 unspecified atom stereocenters. The molecular formula is C21H12ClF4N3O2S. The van der Waals surface area contributed by atoms with E-state index < -0.39 is 35.6 Å². The van der Waals surface area contributed by atoms with Crippen LogP contribution in [0.25, 0.3) is 21.3 Å². The van der Waals surface area contributed by atoms with Gasteiger partial charge in [0.25, 0.3) is 5.56 Å². The fourth-order valence-electron chi connectivity index (χ4n) is 3.06. The molecule has 5 nitrogen and oxygen atoms in total. The van der Waals surface area contributed by atoms with Gasteiger partial charge in [0.1, 0.15) is 17.2 Å². The van der Waals surface area contributed by atoms with E-state index in [0.29, 0.717) is 16.0 Å². The van der Waals surface area contributed by atoms with E-state index in [1.54, 1.807) is 5.38 Å². The summed E-state index contributed by atoms with van der Waals surface area (Å²) in [6, 6.07) is 8.12. The number of fused-ring (bicyclic) bond motifs is 1. The van der Waals surface area contributed by atoms with E-state index in [1.165, 1.54) is 41.9 Å². The Morgan fingerprint density at radius 3 is 2.56 bits per heavy atom. The SMILES string of the molecule is O=C(Cn1cnc2scc(-c3ccc(F)cc3)c2c1=O)Nc1cc(C(F)(F)F)ccc1Cl. The highest BCUT2D eigenvalue weighted by Crippen LogP contribution is 2.34. The molecule has 0 bridgehead atoms. The summed E-state index contributed by atoms with van der Waals surface area (Å²) in [6.07, 6.45) is -3.42. The summed E-state index contributed by atoms with van der Waals surface area (Å²) in [4.78, 5) is 30.0. The zero-order valence-electron chi connectivity index (χ0n) is 15.9. The first kappa shape index (κ1) is 22.0. The molecule has 0 spiro atoms. The number of halogens is 5. The molecule has 2 aromatic carbocycles. The Morgan fingerprint density at radius 2 is 1.88 bits per heavy atom. The van der Waals surface area contributed by atoms with Gasteiger partial charge in [-0.3, -0.25) is 14.2 Å². The van der Waals surface area contributed by atoms with E-state index in [9.17, 15) is 27.2 Å². The lowest BCUT2D eigenvalue weighted by Crippen LogP contribution is -2.28. The third-order valence-electron chi connectivity index (χ3n) is 4.60. The number of anilines is 1. The van der Waals surface area contributed by atoms with E-state index in [1.807, 2.05) is 0 Å². The lowest BCUT2D eigenvalue weighted by molar-refractivity contribution is -0.137. The number of carbonyl (C=O) groups is 1. The topological polar surface area (TPSA) is 64.0 Å². The minimum absolute atomic E-state index is 0.0799. The molecule has 11 heteroatoms. The van der Waals surface area contributed by atoms with Crippen molar-refractivity contribution in [2.24, 2.45) is 0 Å². The fraction of sp³-hybridized carbons (Fsp3) is 0.0952. The van der Waals surface area contributed by atoms with Crippen LogP contribution in [-0.2, 0) is 17.5 Å². The summed E-state index contributed by atoms with van der Waals surface area (Å²) >= 11 is 7.12. The van der Waals surface area contributed by atoms with Gasteiger partial charge in [-0.1, -0.05) is 23.7 Å². The van der Waals surface area contributed by atoms with Gasteiger partial charge in [0.2, 0.25) is 5.91 Å². The second kappa shape index (κ2) is 8.36. The Bertz CT molecular complexity index is 1380. The highest BCUT2D eigenvalue weighted by Gasteiger charge is 2.31. The molecule has 0 saturated heterocycles. The van der Waals surface area contributed by atoms with Crippen LogP contribution in [0.15, 0.2) is 59.0 Å². The van der Waals surface area contributed by atoms with Crippen LogP contribution < -0.4 is 10.9 Å². The van der Waals surface area contributed by atoms with E-state index in [-0.39, 0.29) is 16.1 Å². The van der Waals surface area contributed by atoms with Crippen molar-refractivity contribution < 1.29 is 22.4 Å². The predicted octanol–water partition coefficient (Wildman–Crippen LogP) is 5.58. The lowest BCUT2D eigenvalue weighted by atomic mass is 10.1. The molecule has 164 valence electrons. The highest BCUT2D eigenvalue weighted by atomic mass is 35.5. The molecule has 32 heavy (non-hydrogen) atoms. The van der Waals surface area contributed by atoms with Crippen LogP contribution in [0, 0.1) is 5.82 Å². The smallest absolute Gasteiger partial charge is 0.323 e. The normalized spacial score (nSPS) is 11.7. The molecule has 2 heterocycles. The number of thiophene rings is 1. The van der Waals surface area contributed by atoms with Gasteiger partial charge in [0, 0.05) is 10.9 Å². The third-order valence-corrected chi connectivity index (χ3v) is 5.81. The lowest BCUT2D eigenvalue weighted by Gasteiger charge is -2.12. The molecule has 0 aliphatic carbocycles. The maximum atomic E-state index is 13.2. The first-order chi connectivity index (χ1) is 15.1. The van der Waals surface area contributed by atoms with Gasteiger partial charge < -0.3 is 5.32 Å². The molecular weight excluding hydrogens is 470 g/mol. The molecule has 1 amide bonds. The van der Waals surface area contributed by atoms with Gasteiger partial charge in [0.05, 0.1) is 28.0 Å². The van der Waals surface area contributed by atoms with Crippen molar-refractivity contribution in [1.82, 2.24) is 9.55 Å². The zero-order chi connectivity index (χ0) is 23.0. The van der Waals surface area contributed by atoms with Gasteiger partial charge >= 0.3 is 6.18 Å². The van der Waals surface area contributed by atoms with Crippen LogP contribution in [0.1, 0.15) is 5.56 Å². The number of aromatic nitrogens is 2. The number of nitrogens with zero attached hydrogens (tertiary/aromatic N) is 2. The summed E-state index contributed by atoms with van der Waals surface area (Å²) in [7, 11) is 0. The Balaban J connectivity index is 1.63. The summed E-state index contributed by atoms with van der Waals surface area (Å²) < 4.78 is 53.1. The number of carbonyl (C=O) groups excluding carboxylic acids is 1. The fourth-order valence-corrected chi connectivity index (χ4v) is 4.14. The number of hydrogen-bond acceptors (Lipinski definition) is 4. The summed E-state index contributed by atoms with van der Waals surface area (Å²) in [6.45, 7) is -0.493. The number of rotatable bonds is 4. The molecule has 0 fully saturated rings. The number of nitrogens with one attached hydrogen (secondary N) is 1. The number of alkyl halides is 3. The molecule has 2 aromatic heterocycles. The van der Waals surface area contributed by atoms with Gasteiger partial charge in [-0.15, -0.1) is 11.3 Å². The summed E-state index contributed by atoms with van der Waals surface area (Å²) in [5, 5.41) is 4.18. The molecule has 1 N–H and O–H groups in total. The van der Waals surface area contributed by atoms with E-state index in [2.05, 4.69) is 10.3 Å². The summed E-state index contributed by atoms with van der Waals surface area (Å²) in [5.41, 5.74) is -0.565. The first-order valence-corrected chi connectivity index (χ1v) is 10.3. The van der Waals surface area contributed by atoms with Crippen LogP contribution in [0.4, 0.5) is 23.2 Å². The Hall–Kier alpha value is -3.24. The Labute approximate surface area is 186 Å². The van der Waals surface area contributed by atoms with Gasteiger partial charge in [-0.2, -0.15) is 13.2 Å². The minimum atomic E-state index is -4.61. The quantitative estimate of drug-likeness (QED) is 0.387. The number of hydrogen-bond donors (Lipinski definition) is 1. The molecule has 0 saturated carbocycles. The van der Waals surface area contributed by atoms with Crippen LogP contribution in [0.3, 0.4) is 0 Å². The third kappa shape index (κ3) is 4.37. The zero-order valence-corrected chi connectivity index (χ0v) is 17.5. The van der Waals surface area contributed by atoms with Gasteiger partial charge in [-0.25, -0.2) is 9.37 Å². The number of amides is 1. The Morgan fingerprint density at radius 1 is 1.16 bits per heavy atom. The molecule has 4 rings (SSSR count). The average Bonchev–Trinajstić information content (AvgIpc) is 3.16. The second-order valence-electron chi connectivity index (χ2n) is 6.75. The highest BCUT2D eigenvalue weighted by molar-refractivity contribution is 7.17. The monoisotopic (exact) mass is 481 g/mol. The van der Waals surface area contributed by atoms with Crippen LogP contribution in [0.2, 0.25) is 5.02 Å². The van der Waals surface area contributed by atoms with Crippen molar-refractivity contribution in [3.05, 3.63) is 80.9 Å². The minimum Gasteiger partial charge on any atom is -0.323 e. The second-order valence-corrected chi connectivity index (χ2v) is 8.02. The van der Waals surface area contributed by atoms with E-state index in [4.69, 9.17) is 11.6 Å². The molecule has 0 atom stereocenters. The largest absolute Gasteiger partial charge is 0.416 e. The van der Waals surface area contributed by atoms with Crippen molar-refractivity contribution in [2.75, 3.05) is 5.32 Å².